The van der Waals surface area contributed by atoms with Crippen molar-refractivity contribution in [1.29, 1.82) is 0 Å². The lowest BCUT2D eigenvalue weighted by Gasteiger charge is -2.38. The van der Waals surface area contributed by atoms with Crippen LogP contribution in [0.2, 0.25) is 0 Å². The van der Waals surface area contributed by atoms with Crippen LogP contribution in [0.4, 0.5) is 0 Å². The minimum atomic E-state index is -3.45. The Labute approximate surface area is 193 Å². The number of nitrogens with zero attached hydrogens (tertiary/aromatic N) is 4. The average molecular weight is 489 g/mol. The van der Waals surface area contributed by atoms with Crippen LogP contribution >= 0.6 is 0 Å². The summed E-state index contributed by atoms with van der Waals surface area (Å²) in [4.78, 5) is 2.42. The van der Waals surface area contributed by atoms with Gasteiger partial charge in [0.05, 0.1) is 4.90 Å². The molecule has 2 fully saturated rings. The van der Waals surface area contributed by atoms with E-state index in [0.29, 0.717) is 45.1 Å². The molecule has 1 heterocycles. The molecule has 0 radical (unpaired) electrons. The van der Waals surface area contributed by atoms with Crippen molar-refractivity contribution < 1.29 is 21.6 Å². The Kier molecular flexibility index (Phi) is 8.56. The number of benzene rings is 1. The Morgan fingerprint density at radius 3 is 2.06 bits per heavy atom. The second kappa shape index (κ2) is 10.8. The predicted octanol–water partition coefficient (Wildman–Crippen LogP) is 1.44. The zero-order chi connectivity index (χ0) is 23.4. The molecule has 2 aliphatic rings. The maximum Gasteiger partial charge on any atom is 0.282 e. The number of sulfonamides is 1. The van der Waals surface area contributed by atoms with Gasteiger partial charge < -0.3 is 4.74 Å². The Morgan fingerprint density at radius 1 is 0.906 bits per heavy atom. The van der Waals surface area contributed by atoms with Crippen molar-refractivity contribution in [3.05, 3.63) is 24.3 Å². The zero-order valence-corrected chi connectivity index (χ0v) is 20.9. The van der Waals surface area contributed by atoms with E-state index in [1.54, 1.807) is 27.8 Å². The molecule has 0 N–H and O–H groups in total. The van der Waals surface area contributed by atoms with Gasteiger partial charge in [0.1, 0.15) is 12.4 Å². The molecular weight excluding hydrogens is 452 g/mol. The molecule has 32 heavy (non-hydrogen) atoms. The van der Waals surface area contributed by atoms with Gasteiger partial charge in [0, 0.05) is 59.9 Å². The highest BCUT2D eigenvalue weighted by Gasteiger charge is 2.34. The molecule has 3 rings (SSSR count). The predicted molar refractivity (Wildman–Crippen MR) is 124 cm³/mol. The molecule has 0 unspecified atom stereocenters. The third kappa shape index (κ3) is 6.00. The Morgan fingerprint density at radius 2 is 1.50 bits per heavy atom. The SMILES string of the molecule is CN(C)S(=O)(=O)c1ccc(OCCN2CCN(S(=O)(=O)N(C)C3CCCCC3)CC2)cc1. The van der Waals surface area contributed by atoms with Gasteiger partial charge in [-0.15, -0.1) is 0 Å². The van der Waals surface area contributed by atoms with Crippen molar-refractivity contribution in [3.63, 3.8) is 0 Å². The Balaban J connectivity index is 1.43. The second-order valence-corrected chi connectivity index (χ2v) is 12.8. The van der Waals surface area contributed by atoms with Crippen LogP contribution in [0.15, 0.2) is 29.2 Å². The molecule has 182 valence electrons. The number of hydrogen-bond donors (Lipinski definition) is 0. The van der Waals surface area contributed by atoms with E-state index in [9.17, 15) is 16.8 Å². The summed E-state index contributed by atoms with van der Waals surface area (Å²) >= 11 is 0. The number of hydrogen-bond acceptors (Lipinski definition) is 6. The summed E-state index contributed by atoms with van der Waals surface area (Å²) in [5.41, 5.74) is 0. The van der Waals surface area contributed by atoms with Crippen LogP contribution in [0.5, 0.6) is 5.75 Å². The van der Waals surface area contributed by atoms with Crippen molar-refractivity contribution in [2.45, 2.75) is 43.0 Å². The summed E-state index contributed by atoms with van der Waals surface area (Å²) in [5, 5.41) is 0. The summed E-state index contributed by atoms with van der Waals surface area (Å²) in [7, 11) is -2.14. The van der Waals surface area contributed by atoms with E-state index in [4.69, 9.17) is 4.74 Å². The van der Waals surface area contributed by atoms with Gasteiger partial charge in [0.15, 0.2) is 0 Å². The normalized spacial score (nSPS) is 20.2. The molecule has 1 aliphatic heterocycles. The molecule has 1 aliphatic carbocycles. The summed E-state index contributed by atoms with van der Waals surface area (Å²) in [5.74, 6) is 0.609. The first-order chi connectivity index (χ1) is 15.1. The van der Waals surface area contributed by atoms with Gasteiger partial charge in [-0.3, -0.25) is 4.90 Å². The van der Waals surface area contributed by atoms with Crippen LogP contribution in [0.1, 0.15) is 32.1 Å². The van der Waals surface area contributed by atoms with Crippen molar-refractivity contribution in [2.24, 2.45) is 0 Å². The van der Waals surface area contributed by atoms with E-state index in [0.717, 1.165) is 25.7 Å². The summed E-state index contributed by atoms with van der Waals surface area (Å²) < 4.78 is 60.4. The molecule has 0 bridgehead atoms. The Hall–Kier alpha value is -1.24. The van der Waals surface area contributed by atoms with Gasteiger partial charge in [0.2, 0.25) is 10.0 Å². The first-order valence-corrected chi connectivity index (χ1v) is 14.1. The van der Waals surface area contributed by atoms with Gasteiger partial charge in [-0.25, -0.2) is 12.7 Å². The van der Waals surface area contributed by atoms with E-state index in [1.165, 1.54) is 37.0 Å². The maximum absolute atomic E-state index is 13.0. The third-order valence-corrected chi connectivity index (χ3v) is 10.3. The van der Waals surface area contributed by atoms with Crippen molar-refractivity contribution >= 4 is 20.2 Å². The summed E-state index contributed by atoms with van der Waals surface area (Å²) in [6.45, 7) is 3.44. The lowest BCUT2D eigenvalue weighted by molar-refractivity contribution is 0.152. The monoisotopic (exact) mass is 488 g/mol. The van der Waals surface area contributed by atoms with Gasteiger partial charge in [-0.05, 0) is 37.1 Å². The topological polar surface area (TPSA) is 90.5 Å². The van der Waals surface area contributed by atoms with E-state index in [-0.39, 0.29) is 10.9 Å². The van der Waals surface area contributed by atoms with E-state index >= 15 is 0 Å². The molecule has 0 amide bonds. The van der Waals surface area contributed by atoms with Crippen LogP contribution < -0.4 is 4.74 Å². The fourth-order valence-electron chi connectivity index (χ4n) is 4.21. The lowest BCUT2D eigenvalue weighted by atomic mass is 9.96. The first-order valence-electron chi connectivity index (χ1n) is 11.2. The van der Waals surface area contributed by atoms with Crippen molar-refractivity contribution in [2.75, 3.05) is 60.5 Å². The van der Waals surface area contributed by atoms with Crippen LogP contribution in [-0.4, -0.2) is 101 Å². The number of rotatable bonds is 9. The quantitative estimate of drug-likeness (QED) is 0.523. The molecule has 0 aromatic heterocycles. The Bertz CT molecular complexity index is 937. The number of piperazine rings is 1. The molecular formula is C21H36N4O5S2. The van der Waals surface area contributed by atoms with Crippen LogP contribution in [0.3, 0.4) is 0 Å². The van der Waals surface area contributed by atoms with E-state index in [2.05, 4.69) is 4.90 Å². The highest BCUT2D eigenvalue weighted by Crippen LogP contribution is 2.25. The van der Waals surface area contributed by atoms with Crippen LogP contribution in [0.25, 0.3) is 0 Å². The lowest BCUT2D eigenvalue weighted by Crippen LogP contribution is -2.54. The molecule has 1 aromatic rings. The maximum atomic E-state index is 13.0. The minimum Gasteiger partial charge on any atom is -0.492 e. The standard InChI is InChI=1S/C21H36N4O5S2/c1-22(2)31(26,27)21-11-9-20(10-12-21)30-18-17-24-13-15-25(16-14-24)32(28,29)23(3)19-7-5-4-6-8-19/h9-12,19H,4-8,13-18H2,1-3H3. The highest BCUT2D eigenvalue weighted by atomic mass is 32.2. The first kappa shape index (κ1) is 25.4. The summed E-state index contributed by atoms with van der Waals surface area (Å²) in [6.07, 6.45) is 5.31. The molecule has 1 saturated carbocycles. The van der Waals surface area contributed by atoms with E-state index < -0.39 is 20.2 Å². The minimum absolute atomic E-state index is 0.124. The average Bonchev–Trinajstić information content (AvgIpc) is 2.79. The summed E-state index contributed by atoms with van der Waals surface area (Å²) in [6, 6.07) is 6.51. The fraction of sp³-hybridized carbons (Fsp3) is 0.714. The van der Waals surface area contributed by atoms with Crippen molar-refractivity contribution in [1.82, 2.24) is 17.8 Å². The molecule has 1 aromatic carbocycles. The largest absolute Gasteiger partial charge is 0.492 e. The third-order valence-electron chi connectivity index (χ3n) is 6.39. The van der Waals surface area contributed by atoms with Gasteiger partial charge in [-0.2, -0.15) is 17.0 Å². The van der Waals surface area contributed by atoms with Crippen LogP contribution in [-0.2, 0) is 20.2 Å². The van der Waals surface area contributed by atoms with Gasteiger partial charge in [0.25, 0.3) is 10.2 Å². The van der Waals surface area contributed by atoms with E-state index in [1.807, 2.05) is 0 Å². The molecule has 0 atom stereocenters. The van der Waals surface area contributed by atoms with Gasteiger partial charge in [-0.1, -0.05) is 19.3 Å². The number of ether oxygens (including phenoxy) is 1. The zero-order valence-electron chi connectivity index (χ0n) is 19.3. The molecule has 9 nitrogen and oxygen atoms in total. The molecule has 11 heteroatoms. The van der Waals surface area contributed by atoms with Crippen LogP contribution in [0, 0.1) is 0 Å². The van der Waals surface area contributed by atoms with Gasteiger partial charge >= 0.3 is 0 Å². The fourth-order valence-corrected chi connectivity index (χ4v) is 6.69. The van der Waals surface area contributed by atoms with Crippen molar-refractivity contribution in [3.8, 4) is 5.75 Å². The smallest absolute Gasteiger partial charge is 0.282 e. The molecule has 0 spiro atoms. The second-order valence-electron chi connectivity index (χ2n) is 8.66. The highest BCUT2D eigenvalue weighted by molar-refractivity contribution is 7.89. The molecule has 1 saturated heterocycles.